The van der Waals surface area contributed by atoms with Gasteiger partial charge in [0, 0.05) is 33.3 Å². The molecule has 2 aromatic carbocycles. The highest BCUT2D eigenvalue weighted by molar-refractivity contribution is 7.80. The number of nitrogens with one attached hydrogen (secondary N) is 2. The van der Waals surface area contributed by atoms with Gasteiger partial charge >= 0.3 is 0 Å². The third-order valence-corrected chi connectivity index (χ3v) is 7.05. The molecular weight excluding hydrogens is 549 g/mol. The predicted octanol–water partition coefficient (Wildman–Crippen LogP) is 8.62. The zero-order valence-electron chi connectivity index (χ0n) is 20.3. The molecule has 37 heavy (non-hydrogen) atoms. The van der Waals surface area contributed by atoms with E-state index in [1.807, 2.05) is 18.2 Å². The van der Waals surface area contributed by atoms with E-state index in [2.05, 4.69) is 10.6 Å². The molecule has 0 heterocycles. The highest BCUT2D eigenvalue weighted by atomic mass is 35.5. The topological polar surface area (TPSA) is 84.2 Å². The summed E-state index contributed by atoms with van der Waals surface area (Å²) in [4.78, 5) is 22.6. The third-order valence-electron chi connectivity index (χ3n) is 6.07. The number of thiocarbonyl (C=S) groups is 1. The Hall–Kier alpha value is -1.86. The van der Waals surface area contributed by atoms with Crippen LogP contribution in [-0.4, -0.2) is 16.3 Å². The Balaban J connectivity index is 0.000000316. The third kappa shape index (κ3) is 14.0. The van der Waals surface area contributed by atoms with Gasteiger partial charge < -0.3 is 16.4 Å². The Kier molecular flexibility index (Phi) is 16.5. The maximum Gasteiger partial charge on any atom is 0.229 e. The van der Waals surface area contributed by atoms with E-state index in [9.17, 15) is 9.59 Å². The van der Waals surface area contributed by atoms with Crippen LogP contribution in [0.25, 0.3) is 0 Å². The minimum absolute atomic E-state index is 0. The number of hydrogen-bond acceptors (Lipinski definition) is 4. The summed E-state index contributed by atoms with van der Waals surface area (Å²) >= 11 is 21.9. The summed E-state index contributed by atoms with van der Waals surface area (Å²) in [6, 6.07) is 14.3. The molecule has 4 rings (SSSR count). The van der Waals surface area contributed by atoms with E-state index in [1.54, 1.807) is 30.3 Å². The van der Waals surface area contributed by atoms with Crippen LogP contribution < -0.4 is 16.4 Å². The van der Waals surface area contributed by atoms with Crippen molar-refractivity contribution < 1.29 is 9.59 Å². The van der Waals surface area contributed by atoms with Crippen molar-refractivity contribution in [2.45, 2.75) is 71.6 Å². The Labute approximate surface area is 241 Å². The second kappa shape index (κ2) is 18.4. The first kappa shape index (κ1) is 33.2. The van der Waals surface area contributed by atoms with Crippen LogP contribution in [0.3, 0.4) is 0 Å². The molecule has 0 spiro atoms. The van der Waals surface area contributed by atoms with E-state index in [4.69, 9.17) is 52.8 Å². The van der Waals surface area contributed by atoms with Crippen molar-refractivity contribution in [1.82, 2.24) is 5.32 Å². The smallest absolute Gasteiger partial charge is 0.229 e. The normalized spacial score (nSPS) is 15.4. The Morgan fingerprint density at radius 1 is 0.811 bits per heavy atom. The van der Waals surface area contributed by atoms with Gasteiger partial charge in [0.05, 0.1) is 0 Å². The van der Waals surface area contributed by atoms with Crippen LogP contribution in [0.2, 0.25) is 10.0 Å². The number of halogens is 3. The van der Waals surface area contributed by atoms with Gasteiger partial charge in [-0.1, -0.05) is 81.3 Å². The number of carbonyl (C=O) groups excluding carboxylic acids is 2. The van der Waals surface area contributed by atoms with Crippen LogP contribution in [-0.2, 0) is 9.59 Å². The zero-order valence-corrected chi connectivity index (χ0v) is 23.4. The number of amides is 1. The molecule has 2 saturated carbocycles. The first-order valence-corrected chi connectivity index (χ1v) is 13.9. The summed E-state index contributed by atoms with van der Waals surface area (Å²) in [6.07, 6.45) is 11.1. The van der Waals surface area contributed by atoms with Crippen LogP contribution in [0.15, 0.2) is 48.5 Å². The molecule has 0 radical (unpaired) electrons. The largest absolute Gasteiger partial charge is 0.399 e. The van der Waals surface area contributed by atoms with Crippen LogP contribution in [0.4, 0.5) is 11.4 Å². The molecule has 9 heteroatoms. The van der Waals surface area contributed by atoms with Crippen molar-refractivity contribution in [3.63, 3.8) is 0 Å². The monoisotopic (exact) mass is 585 g/mol. The molecule has 2 aromatic rings. The van der Waals surface area contributed by atoms with Crippen LogP contribution in [0.5, 0.6) is 0 Å². The summed E-state index contributed by atoms with van der Waals surface area (Å²) in [5, 5.41) is 7.24. The van der Waals surface area contributed by atoms with Gasteiger partial charge in [0.15, 0.2) is 5.11 Å². The summed E-state index contributed by atoms with van der Waals surface area (Å²) in [5.74, 6) is 0.313. The maximum absolute atomic E-state index is 12.0. The minimum atomic E-state index is -0.130. The van der Waals surface area contributed by atoms with Gasteiger partial charge in [-0.2, -0.15) is 0 Å². The molecule has 0 aliphatic heterocycles. The number of nitrogens with two attached hydrogens (primary N) is 1. The van der Waals surface area contributed by atoms with Crippen molar-refractivity contribution in [3.05, 3.63) is 58.6 Å². The van der Waals surface area contributed by atoms with E-state index in [0.717, 1.165) is 44.2 Å². The van der Waals surface area contributed by atoms with Crippen molar-refractivity contribution >= 4 is 74.7 Å². The SMILES string of the molecule is C.Nc1cccc(Cl)c1.O=C(Cl)C1CCCCC1.O=C(NC(=S)Nc1cccc(Cl)c1)C1CCCCC1. The summed E-state index contributed by atoms with van der Waals surface area (Å²) in [5.41, 5.74) is 6.86. The number of benzene rings is 2. The lowest BCUT2D eigenvalue weighted by Gasteiger charge is -2.21. The summed E-state index contributed by atoms with van der Waals surface area (Å²) in [7, 11) is 0. The predicted molar refractivity (Wildman–Crippen MR) is 162 cm³/mol. The molecule has 2 aliphatic carbocycles. The molecule has 0 atom stereocenters. The molecule has 5 nitrogen and oxygen atoms in total. The lowest BCUT2D eigenvalue weighted by atomic mass is 9.89. The fraction of sp³-hybridized carbons (Fsp3) is 0.464. The number of anilines is 2. The Morgan fingerprint density at radius 3 is 1.76 bits per heavy atom. The van der Waals surface area contributed by atoms with E-state index in [1.165, 1.54) is 25.7 Å². The van der Waals surface area contributed by atoms with Crippen LogP contribution in [0, 0.1) is 11.8 Å². The lowest BCUT2D eigenvalue weighted by molar-refractivity contribution is -0.124. The van der Waals surface area contributed by atoms with Gasteiger partial charge in [-0.3, -0.25) is 9.59 Å². The highest BCUT2D eigenvalue weighted by Gasteiger charge is 2.21. The zero-order chi connectivity index (χ0) is 26.3. The highest BCUT2D eigenvalue weighted by Crippen LogP contribution is 2.25. The molecular formula is C28H38Cl3N3O2S. The van der Waals surface area contributed by atoms with Gasteiger partial charge in [-0.15, -0.1) is 0 Å². The molecule has 0 saturated heterocycles. The fourth-order valence-corrected chi connectivity index (χ4v) is 4.97. The Morgan fingerprint density at radius 2 is 1.32 bits per heavy atom. The van der Waals surface area contributed by atoms with E-state index in [-0.39, 0.29) is 30.4 Å². The fourth-order valence-electron chi connectivity index (χ4n) is 4.14. The van der Waals surface area contributed by atoms with Crippen molar-refractivity contribution in [3.8, 4) is 0 Å². The first-order chi connectivity index (χ1) is 17.2. The first-order valence-electron chi connectivity index (χ1n) is 12.3. The lowest BCUT2D eigenvalue weighted by Crippen LogP contribution is -2.38. The number of hydrogen-bond donors (Lipinski definition) is 3. The average Bonchev–Trinajstić information content (AvgIpc) is 2.86. The van der Waals surface area contributed by atoms with Crippen molar-refractivity contribution in [1.29, 1.82) is 0 Å². The number of carbonyl (C=O) groups is 2. The summed E-state index contributed by atoms with van der Waals surface area (Å²) < 4.78 is 0. The van der Waals surface area contributed by atoms with E-state index >= 15 is 0 Å². The van der Waals surface area contributed by atoms with Crippen LogP contribution >= 0.6 is 47.0 Å². The van der Waals surface area contributed by atoms with Crippen molar-refractivity contribution in [2.75, 3.05) is 11.1 Å². The second-order valence-corrected chi connectivity index (χ2v) is 10.6. The van der Waals surface area contributed by atoms with Gasteiger partial charge in [0.25, 0.3) is 0 Å². The standard InChI is InChI=1S/C14H17ClN2OS.C7H11ClO.C6H6ClN.CH4/c15-11-7-4-8-12(9-11)16-14(19)17-13(18)10-5-2-1-3-6-10;8-7(9)6-4-2-1-3-5-6;7-5-2-1-3-6(8)4-5;/h4,7-10H,1-3,5-6H2,(H2,16,17,18,19);6H,1-5H2;1-4H,8H2;1H4. The second-order valence-electron chi connectivity index (χ2n) is 8.98. The molecule has 0 unspecified atom stereocenters. The Bertz CT molecular complexity index is 977. The van der Waals surface area contributed by atoms with Gasteiger partial charge in [-0.05, 0) is 85.9 Å². The number of rotatable bonds is 3. The van der Waals surface area contributed by atoms with E-state index < -0.39 is 0 Å². The molecule has 204 valence electrons. The van der Waals surface area contributed by atoms with Gasteiger partial charge in [0.2, 0.25) is 11.1 Å². The maximum atomic E-state index is 12.0. The number of nitrogen functional groups attached to an aromatic ring is 1. The van der Waals surface area contributed by atoms with Crippen molar-refractivity contribution in [2.24, 2.45) is 11.8 Å². The van der Waals surface area contributed by atoms with Gasteiger partial charge in [0.1, 0.15) is 0 Å². The van der Waals surface area contributed by atoms with Crippen LogP contribution in [0.1, 0.15) is 71.6 Å². The van der Waals surface area contributed by atoms with E-state index in [0.29, 0.717) is 20.8 Å². The summed E-state index contributed by atoms with van der Waals surface area (Å²) in [6.45, 7) is 0. The molecule has 0 bridgehead atoms. The molecule has 2 fully saturated rings. The molecule has 0 aromatic heterocycles. The minimum Gasteiger partial charge on any atom is -0.399 e. The average molecular weight is 587 g/mol. The van der Waals surface area contributed by atoms with Gasteiger partial charge in [-0.25, -0.2) is 0 Å². The molecule has 2 aliphatic rings. The molecule has 1 amide bonds. The molecule has 4 N–H and O–H groups in total. The quantitative estimate of drug-likeness (QED) is 0.190.